The number of ketones is 1. The van der Waals surface area contributed by atoms with E-state index in [0.717, 1.165) is 49.4 Å². The van der Waals surface area contributed by atoms with E-state index < -0.39 is 10.0 Å². The molecule has 0 amide bonds. The standard InChI is InChI=1S/C27H36ClN3O3S/c1-21-12-16-31(17-13-21)35(33,34)23-9-7-8-22(18-23)27(32)20-29-19-26(30-14-5-2-6-15-30)24-10-3-4-11-25(24)28/h3-4,7-11,18,21,26,29H,2,5-6,12-17,19-20H2,1H3. The van der Waals surface area contributed by atoms with Gasteiger partial charge in [0.05, 0.1) is 11.4 Å². The van der Waals surface area contributed by atoms with Crippen molar-refractivity contribution in [2.45, 2.75) is 50.0 Å². The molecule has 2 heterocycles. The molecule has 2 aliphatic rings. The Kier molecular flexibility index (Phi) is 9.00. The van der Waals surface area contributed by atoms with Crippen molar-refractivity contribution in [2.75, 3.05) is 39.3 Å². The number of sulfonamides is 1. The van der Waals surface area contributed by atoms with Gasteiger partial charge in [0.1, 0.15) is 0 Å². The Labute approximate surface area is 214 Å². The summed E-state index contributed by atoms with van der Waals surface area (Å²) in [6, 6.07) is 14.4. The highest BCUT2D eigenvalue weighted by atomic mass is 35.5. The molecule has 190 valence electrons. The molecule has 2 aliphatic heterocycles. The molecule has 1 atom stereocenters. The molecule has 0 aromatic heterocycles. The molecule has 0 radical (unpaired) electrons. The van der Waals surface area contributed by atoms with Gasteiger partial charge < -0.3 is 5.32 Å². The van der Waals surface area contributed by atoms with E-state index in [-0.39, 0.29) is 23.3 Å². The molecule has 1 unspecified atom stereocenters. The number of halogens is 1. The first-order valence-electron chi connectivity index (χ1n) is 12.7. The van der Waals surface area contributed by atoms with Crippen molar-refractivity contribution in [1.82, 2.24) is 14.5 Å². The molecule has 6 nitrogen and oxygen atoms in total. The number of likely N-dealkylation sites (tertiary alicyclic amines) is 1. The number of hydrogen-bond acceptors (Lipinski definition) is 5. The van der Waals surface area contributed by atoms with Crippen molar-refractivity contribution in [3.05, 3.63) is 64.7 Å². The lowest BCUT2D eigenvalue weighted by Gasteiger charge is -2.35. The molecule has 2 saturated heterocycles. The highest BCUT2D eigenvalue weighted by Crippen LogP contribution is 2.29. The third-order valence-electron chi connectivity index (χ3n) is 7.26. The highest BCUT2D eigenvalue weighted by molar-refractivity contribution is 7.89. The molecule has 35 heavy (non-hydrogen) atoms. The fraction of sp³-hybridized carbons (Fsp3) is 0.519. The lowest BCUT2D eigenvalue weighted by atomic mass is 10.0. The van der Waals surface area contributed by atoms with Gasteiger partial charge in [0.15, 0.2) is 5.78 Å². The lowest BCUT2D eigenvalue weighted by molar-refractivity contribution is 0.0983. The van der Waals surface area contributed by atoms with Gasteiger partial charge in [0.2, 0.25) is 10.0 Å². The smallest absolute Gasteiger partial charge is 0.243 e. The number of carbonyl (C=O) groups excluding carboxylic acids is 1. The minimum absolute atomic E-state index is 0.0880. The number of nitrogens with one attached hydrogen (secondary N) is 1. The van der Waals surface area contributed by atoms with Gasteiger partial charge in [0.25, 0.3) is 0 Å². The molecule has 4 rings (SSSR count). The average molecular weight is 518 g/mol. The molecule has 0 aliphatic carbocycles. The molecule has 2 aromatic rings. The number of rotatable bonds is 9. The summed E-state index contributed by atoms with van der Waals surface area (Å²) in [7, 11) is -3.59. The van der Waals surface area contributed by atoms with E-state index in [2.05, 4.69) is 23.2 Å². The number of benzene rings is 2. The van der Waals surface area contributed by atoms with Gasteiger partial charge in [-0.3, -0.25) is 9.69 Å². The summed E-state index contributed by atoms with van der Waals surface area (Å²) in [4.78, 5) is 15.6. The minimum Gasteiger partial charge on any atom is -0.308 e. The van der Waals surface area contributed by atoms with E-state index in [9.17, 15) is 13.2 Å². The zero-order valence-electron chi connectivity index (χ0n) is 20.5. The largest absolute Gasteiger partial charge is 0.308 e. The second-order valence-corrected chi connectivity index (χ2v) is 12.1. The van der Waals surface area contributed by atoms with E-state index in [4.69, 9.17) is 11.6 Å². The van der Waals surface area contributed by atoms with Crippen molar-refractivity contribution in [1.29, 1.82) is 0 Å². The minimum atomic E-state index is -3.59. The van der Waals surface area contributed by atoms with Crippen molar-refractivity contribution in [2.24, 2.45) is 5.92 Å². The maximum absolute atomic E-state index is 13.1. The van der Waals surface area contributed by atoms with Gasteiger partial charge >= 0.3 is 0 Å². The van der Waals surface area contributed by atoms with Gasteiger partial charge in [-0.15, -0.1) is 0 Å². The van der Waals surface area contributed by atoms with Crippen LogP contribution in [0.5, 0.6) is 0 Å². The van der Waals surface area contributed by atoms with E-state index in [1.165, 1.54) is 12.5 Å². The summed E-state index contributed by atoms with van der Waals surface area (Å²) in [6.07, 6.45) is 5.30. The van der Waals surface area contributed by atoms with Crippen LogP contribution in [-0.2, 0) is 10.0 Å². The quantitative estimate of drug-likeness (QED) is 0.486. The molecular formula is C27H36ClN3O3S. The van der Waals surface area contributed by atoms with E-state index >= 15 is 0 Å². The highest BCUT2D eigenvalue weighted by Gasteiger charge is 2.29. The van der Waals surface area contributed by atoms with Gasteiger partial charge in [-0.05, 0) is 68.5 Å². The van der Waals surface area contributed by atoms with Crippen LogP contribution in [0.3, 0.4) is 0 Å². The number of Topliss-reactive ketones (excluding diaryl/α,β-unsaturated/α-hetero) is 1. The van der Waals surface area contributed by atoms with Crippen LogP contribution < -0.4 is 5.32 Å². The Hall–Kier alpha value is -1.77. The SMILES string of the molecule is CC1CCN(S(=O)(=O)c2cccc(C(=O)CNCC(c3ccccc3Cl)N3CCCCC3)c2)CC1. The van der Waals surface area contributed by atoms with Crippen molar-refractivity contribution < 1.29 is 13.2 Å². The Bertz CT molecular complexity index is 1110. The summed E-state index contributed by atoms with van der Waals surface area (Å²) >= 11 is 6.53. The normalized spacial score (nSPS) is 19.5. The van der Waals surface area contributed by atoms with Gasteiger partial charge in [0, 0.05) is 36.3 Å². The van der Waals surface area contributed by atoms with Crippen LogP contribution in [0, 0.1) is 5.92 Å². The van der Waals surface area contributed by atoms with Gasteiger partial charge in [-0.25, -0.2) is 8.42 Å². The lowest BCUT2D eigenvalue weighted by Crippen LogP contribution is -2.40. The topological polar surface area (TPSA) is 69.7 Å². The number of nitrogens with zero attached hydrogens (tertiary/aromatic N) is 2. The van der Waals surface area contributed by atoms with E-state index in [0.29, 0.717) is 31.1 Å². The predicted molar refractivity (Wildman–Crippen MR) is 140 cm³/mol. The second-order valence-electron chi connectivity index (χ2n) is 9.80. The van der Waals surface area contributed by atoms with Crippen LogP contribution in [-0.4, -0.2) is 62.7 Å². The first-order valence-corrected chi connectivity index (χ1v) is 14.5. The Morgan fingerprint density at radius 2 is 1.74 bits per heavy atom. The van der Waals surface area contributed by atoms with Crippen molar-refractivity contribution >= 4 is 27.4 Å². The Morgan fingerprint density at radius 1 is 1.03 bits per heavy atom. The first-order chi connectivity index (χ1) is 16.9. The molecule has 2 fully saturated rings. The second kappa shape index (κ2) is 12.0. The summed E-state index contributed by atoms with van der Waals surface area (Å²) < 4.78 is 27.8. The Balaban J connectivity index is 1.41. The van der Waals surface area contributed by atoms with E-state index in [1.807, 2.05) is 18.2 Å². The number of hydrogen-bond donors (Lipinski definition) is 1. The summed E-state index contributed by atoms with van der Waals surface area (Å²) in [5.74, 6) is 0.422. The third-order valence-corrected chi connectivity index (χ3v) is 9.49. The molecular weight excluding hydrogens is 482 g/mol. The molecule has 0 saturated carbocycles. The van der Waals surface area contributed by atoms with E-state index in [1.54, 1.807) is 22.5 Å². The molecule has 8 heteroatoms. The summed E-state index contributed by atoms with van der Waals surface area (Å²) in [5.41, 5.74) is 1.48. The number of piperidine rings is 2. The van der Waals surface area contributed by atoms with Crippen molar-refractivity contribution in [3.63, 3.8) is 0 Å². The fourth-order valence-corrected chi connectivity index (χ4v) is 6.82. The summed E-state index contributed by atoms with van der Waals surface area (Å²) in [5, 5.41) is 4.06. The third kappa shape index (κ3) is 6.52. The van der Waals surface area contributed by atoms with Gasteiger partial charge in [-0.1, -0.05) is 55.3 Å². The van der Waals surface area contributed by atoms with Crippen LogP contribution in [0.15, 0.2) is 53.4 Å². The van der Waals surface area contributed by atoms with Crippen LogP contribution in [0.2, 0.25) is 5.02 Å². The fourth-order valence-electron chi connectivity index (χ4n) is 5.04. The zero-order chi connectivity index (χ0) is 24.8. The molecule has 1 N–H and O–H groups in total. The maximum atomic E-state index is 13.1. The van der Waals surface area contributed by atoms with Crippen LogP contribution >= 0.6 is 11.6 Å². The number of carbonyl (C=O) groups is 1. The molecule has 0 spiro atoms. The van der Waals surface area contributed by atoms with Crippen molar-refractivity contribution in [3.8, 4) is 0 Å². The molecule has 0 bridgehead atoms. The van der Waals surface area contributed by atoms with Crippen LogP contribution in [0.1, 0.15) is 61.0 Å². The Morgan fingerprint density at radius 3 is 2.46 bits per heavy atom. The van der Waals surface area contributed by atoms with Gasteiger partial charge in [-0.2, -0.15) is 4.31 Å². The van der Waals surface area contributed by atoms with Crippen LogP contribution in [0.25, 0.3) is 0 Å². The summed E-state index contributed by atoms with van der Waals surface area (Å²) in [6.45, 7) is 5.98. The first kappa shape index (κ1) is 26.3. The van der Waals surface area contributed by atoms with Crippen LogP contribution in [0.4, 0.5) is 0 Å². The maximum Gasteiger partial charge on any atom is 0.243 e. The monoisotopic (exact) mass is 517 g/mol. The molecule has 2 aromatic carbocycles. The zero-order valence-corrected chi connectivity index (χ0v) is 22.0. The predicted octanol–water partition coefficient (Wildman–Crippen LogP) is 4.76. The average Bonchev–Trinajstić information content (AvgIpc) is 2.88.